The number of benzene rings is 2. The first-order chi connectivity index (χ1) is 11.7. The first kappa shape index (κ1) is 16.5. The van der Waals surface area contributed by atoms with E-state index in [1.807, 2.05) is 43.5 Å². The molecule has 0 saturated heterocycles. The molecular weight excluding hydrogens is 319 g/mol. The first-order valence-electron chi connectivity index (χ1n) is 7.76. The molecule has 0 aliphatic carbocycles. The van der Waals surface area contributed by atoms with E-state index in [2.05, 4.69) is 28.7 Å². The van der Waals surface area contributed by atoms with Crippen LogP contribution in [0.25, 0.3) is 11.1 Å². The number of aryl methyl sites for hydroxylation is 1. The number of thioether (sulfide) groups is 1. The van der Waals surface area contributed by atoms with Crippen LogP contribution in [0.3, 0.4) is 0 Å². The Kier molecular flexibility index (Phi) is 5.16. The lowest BCUT2D eigenvalue weighted by atomic mass is 10.1. The summed E-state index contributed by atoms with van der Waals surface area (Å²) in [4.78, 5) is 5.69. The van der Waals surface area contributed by atoms with Gasteiger partial charge in [0.1, 0.15) is 11.6 Å². The van der Waals surface area contributed by atoms with Crippen LogP contribution in [0.2, 0.25) is 0 Å². The van der Waals surface area contributed by atoms with E-state index in [1.165, 1.54) is 16.5 Å². The summed E-state index contributed by atoms with van der Waals surface area (Å²) in [5.41, 5.74) is 3.87. The van der Waals surface area contributed by atoms with Crippen LogP contribution in [0.1, 0.15) is 11.1 Å². The Balaban J connectivity index is 1.76. The van der Waals surface area contributed by atoms with Crippen molar-refractivity contribution in [1.82, 2.24) is 4.98 Å². The number of rotatable bonds is 5. The highest BCUT2D eigenvalue weighted by Gasteiger charge is 2.07. The van der Waals surface area contributed by atoms with Crippen molar-refractivity contribution in [3.63, 3.8) is 0 Å². The number of halogens is 1. The summed E-state index contributed by atoms with van der Waals surface area (Å²) in [6.45, 7) is 2.34. The summed E-state index contributed by atoms with van der Waals surface area (Å²) in [5, 5.41) is 3.19. The van der Waals surface area contributed by atoms with Crippen LogP contribution < -0.4 is 5.32 Å². The molecule has 0 atom stereocenters. The Morgan fingerprint density at radius 1 is 1.04 bits per heavy atom. The summed E-state index contributed by atoms with van der Waals surface area (Å²) >= 11 is 1.72. The van der Waals surface area contributed by atoms with Crippen molar-refractivity contribution >= 4 is 17.6 Å². The highest BCUT2D eigenvalue weighted by Crippen LogP contribution is 2.29. The second-order valence-corrected chi connectivity index (χ2v) is 6.37. The summed E-state index contributed by atoms with van der Waals surface area (Å²) in [6.07, 6.45) is 3.92. The zero-order chi connectivity index (χ0) is 16.9. The Morgan fingerprint density at radius 2 is 1.88 bits per heavy atom. The van der Waals surface area contributed by atoms with E-state index in [9.17, 15) is 4.39 Å². The molecule has 24 heavy (non-hydrogen) atoms. The zero-order valence-electron chi connectivity index (χ0n) is 13.7. The SMILES string of the molecule is CSc1ccccc1-c1ccc(NCc2c(C)cccc2F)nc1. The molecule has 0 spiro atoms. The number of nitrogens with one attached hydrogen (secondary N) is 1. The van der Waals surface area contributed by atoms with Gasteiger partial charge in [0.05, 0.1) is 0 Å². The van der Waals surface area contributed by atoms with Crippen molar-refractivity contribution < 1.29 is 4.39 Å². The Morgan fingerprint density at radius 3 is 2.58 bits per heavy atom. The second-order valence-electron chi connectivity index (χ2n) is 5.52. The van der Waals surface area contributed by atoms with Gasteiger partial charge in [0, 0.05) is 28.8 Å². The van der Waals surface area contributed by atoms with Gasteiger partial charge < -0.3 is 5.32 Å². The van der Waals surface area contributed by atoms with Gasteiger partial charge in [0.25, 0.3) is 0 Å². The van der Waals surface area contributed by atoms with Gasteiger partial charge in [-0.15, -0.1) is 11.8 Å². The molecule has 1 aromatic heterocycles. The predicted molar refractivity (Wildman–Crippen MR) is 99.9 cm³/mol. The average molecular weight is 338 g/mol. The van der Waals surface area contributed by atoms with Crippen molar-refractivity contribution in [2.75, 3.05) is 11.6 Å². The lowest BCUT2D eigenvalue weighted by Gasteiger charge is -2.11. The van der Waals surface area contributed by atoms with Gasteiger partial charge in [-0.1, -0.05) is 30.3 Å². The molecule has 0 bridgehead atoms. The number of pyridine rings is 1. The average Bonchev–Trinajstić information content (AvgIpc) is 2.62. The van der Waals surface area contributed by atoms with Crippen LogP contribution in [0.4, 0.5) is 10.2 Å². The second kappa shape index (κ2) is 7.49. The molecule has 0 aliphatic heterocycles. The fraction of sp³-hybridized carbons (Fsp3) is 0.150. The molecule has 0 unspecified atom stereocenters. The van der Waals surface area contributed by atoms with E-state index in [-0.39, 0.29) is 5.82 Å². The van der Waals surface area contributed by atoms with Crippen molar-refractivity contribution in [3.8, 4) is 11.1 Å². The number of aromatic nitrogens is 1. The Labute approximate surface area is 146 Å². The largest absolute Gasteiger partial charge is 0.366 e. The highest BCUT2D eigenvalue weighted by atomic mass is 32.2. The van der Waals surface area contributed by atoms with E-state index >= 15 is 0 Å². The number of anilines is 1. The van der Waals surface area contributed by atoms with E-state index in [0.717, 1.165) is 16.9 Å². The van der Waals surface area contributed by atoms with Gasteiger partial charge in [-0.05, 0) is 48.6 Å². The smallest absolute Gasteiger partial charge is 0.128 e. The lowest BCUT2D eigenvalue weighted by Crippen LogP contribution is -2.05. The molecular formula is C20H19FN2S. The minimum atomic E-state index is -0.187. The number of hydrogen-bond acceptors (Lipinski definition) is 3. The number of hydrogen-bond donors (Lipinski definition) is 1. The molecule has 0 fully saturated rings. The minimum absolute atomic E-state index is 0.187. The molecule has 1 N–H and O–H groups in total. The van der Waals surface area contributed by atoms with Crippen molar-refractivity contribution in [3.05, 3.63) is 77.7 Å². The molecule has 2 aromatic carbocycles. The Hall–Kier alpha value is -2.33. The monoisotopic (exact) mass is 338 g/mol. The van der Waals surface area contributed by atoms with Gasteiger partial charge in [-0.25, -0.2) is 9.37 Å². The van der Waals surface area contributed by atoms with E-state index in [0.29, 0.717) is 12.1 Å². The molecule has 0 saturated carbocycles. The third-order valence-corrected chi connectivity index (χ3v) is 4.78. The molecule has 3 aromatic rings. The topological polar surface area (TPSA) is 24.9 Å². The zero-order valence-corrected chi connectivity index (χ0v) is 14.5. The fourth-order valence-corrected chi connectivity index (χ4v) is 3.23. The standard InChI is InChI=1S/C20H19FN2S/c1-14-6-5-8-18(21)17(14)13-23-20-11-10-15(12-22-20)16-7-3-4-9-19(16)24-2/h3-12H,13H2,1-2H3,(H,22,23). The number of nitrogens with zero attached hydrogens (tertiary/aromatic N) is 1. The van der Waals surface area contributed by atoms with Crippen molar-refractivity contribution in [2.24, 2.45) is 0 Å². The van der Waals surface area contributed by atoms with Crippen LogP contribution in [-0.4, -0.2) is 11.2 Å². The molecule has 2 nitrogen and oxygen atoms in total. The molecule has 1 heterocycles. The Bertz CT molecular complexity index is 811. The maximum Gasteiger partial charge on any atom is 0.128 e. The summed E-state index contributed by atoms with van der Waals surface area (Å²) in [7, 11) is 0. The lowest BCUT2D eigenvalue weighted by molar-refractivity contribution is 0.611. The third kappa shape index (κ3) is 3.60. The first-order valence-corrected chi connectivity index (χ1v) is 8.99. The van der Waals surface area contributed by atoms with Crippen molar-refractivity contribution in [2.45, 2.75) is 18.4 Å². The summed E-state index contributed by atoms with van der Waals surface area (Å²) in [6, 6.07) is 17.4. The molecule has 0 radical (unpaired) electrons. The molecule has 3 rings (SSSR count). The summed E-state index contributed by atoms with van der Waals surface area (Å²) in [5.74, 6) is 0.552. The normalized spacial score (nSPS) is 10.6. The molecule has 0 aliphatic rings. The van der Waals surface area contributed by atoms with E-state index < -0.39 is 0 Å². The maximum atomic E-state index is 13.9. The van der Waals surface area contributed by atoms with E-state index in [4.69, 9.17) is 0 Å². The van der Waals surface area contributed by atoms with Gasteiger partial charge in [-0.3, -0.25) is 0 Å². The quantitative estimate of drug-likeness (QED) is 0.619. The molecule has 0 amide bonds. The molecule has 4 heteroatoms. The van der Waals surface area contributed by atoms with E-state index in [1.54, 1.807) is 17.8 Å². The van der Waals surface area contributed by atoms with Crippen LogP contribution in [0.15, 0.2) is 65.7 Å². The van der Waals surface area contributed by atoms with Crippen LogP contribution >= 0.6 is 11.8 Å². The van der Waals surface area contributed by atoms with Gasteiger partial charge in [0.2, 0.25) is 0 Å². The predicted octanol–water partition coefficient (Wildman–Crippen LogP) is 5.53. The molecule has 122 valence electrons. The van der Waals surface area contributed by atoms with Crippen molar-refractivity contribution in [1.29, 1.82) is 0 Å². The minimum Gasteiger partial charge on any atom is -0.366 e. The van der Waals surface area contributed by atoms with Gasteiger partial charge in [0.15, 0.2) is 0 Å². The summed E-state index contributed by atoms with van der Waals surface area (Å²) < 4.78 is 13.9. The van der Waals surface area contributed by atoms with Crippen LogP contribution in [-0.2, 0) is 6.54 Å². The van der Waals surface area contributed by atoms with Gasteiger partial charge in [-0.2, -0.15) is 0 Å². The van der Waals surface area contributed by atoms with Gasteiger partial charge >= 0.3 is 0 Å². The fourth-order valence-electron chi connectivity index (χ4n) is 2.61. The maximum absolute atomic E-state index is 13.9. The third-order valence-electron chi connectivity index (χ3n) is 3.98. The van der Waals surface area contributed by atoms with Crippen LogP contribution in [0, 0.1) is 12.7 Å². The highest BCUT2D eigenvalue weighted by molar-refractivity contribution is 7.98. The van der Waals surface area contributed by atoms with Crippen LogP contribution in [0.5, 0.6) is 0 Å².